The Labute approximate surface area is 135 Å². The molecule has 1 saturated heterocycles. The van der Waals surface area contributed by atoms with Gasteiger partial charge < -0.3 is 30.0 Å². The zero-order valence-electron chi connectivity index (χ0n) is 13.4. The van der Waals surface area contributed by atoms with E-state index in [4.69, 9.17) is 19.9 Å². The molecule has 2 rings (SSSR count). The van der Waals surface area contributed by atoms with Crippen LogP contribution in [0.3, 0.4) is 0 Å². The maximum atomic E-state index is 12.9. The summed E-state index contributed by atoms with van der Waals surface area (Å²) in [7, 11) is 1.55. The van der Waals surface area contributed by atoms with Gasteiger partial charge in [-0.25, -0.2) is 0 Å². The number of carbonyl (C=O) groups is 1. The average molecular weight is 324 g/mol. The molecule has 128 valence electrons. The normalized spacial score (nSPS) is 17.9. The van der Waals surface area contributed by atoms with Crippen molar-refractivity contribution in [1.29, 1.82) is 0 Å². The van der Waals surface area contributed by atoms with Gasteiger partial charge >= 0.3 is 0 Å². The van der Waals surface area contributed by atoms with E-state index in [1.54, 1.807) is 30.2 Å². The molecule has 0 spiro atoms. The summed E-state index contributed by atoms with van der Waals surface area (Å²) in [6, 6.07) is 4.78. The van der Waals surface area contributed by atoms with Crippen LogP contribution in [0.25, 0.3) is 0 Å². The van der Waals surface area contributed by atoms with E-state index >= 15 is 0 Å². The Morgan fingerprint density at radius 3 is 3.04 bits per heavy atom. The van der Waals surface area contributed by atoms with Crippen LogP contribution in [-0.2, 0) is 4.74 Å². The molecular formula is C16H24N2O5. The molecule has 23 heavy (non-hydrogen) atoms. The SMILES string of the molecule is COc1ccc(OCCCN)c(C(=O)N2CCOCC2CO)c1. The summed E-state index contributed by atoms with van der Waals surface area (Å²) in [5.74, 6) is 0.870. The van der Waals surface area contributed by atoms with Crippen LogP contribution in [0, 0.1) is 0 Å². The Hall–Kier alpha value is -1.83. The minimum atomic E-state index is -0.348. The van der Waals surface area contributed by atoms with Crippen LogP contribution in [0.2, 0.25) is 0 Å². The summed E-state index contributed by atoms with van der Waals surface area (Å²) in [6.07, 6.45) is 0.705. The summed E-state index contributed by atoms with van der Waals surface area (Å²) in [6.45, 7) is 2.04. The van der Waals surface area contributed by atoms with Crippen molar-refractivity contribution in [3.05, 3.63) is 23.8 Å². The Kier molecular flexibility index (Phi) is 6.64. The third-order valence-corrected chi connectivity index (χ3v) is 3.72. The number of carbonyl (C=O) groups excluding carboxylic acids is 1. The molecule has 0 saturated carbocycles. The lowest BCUT2D eigenvalue weighted by atomic mass is 10.1. The second kappa shape index (κ2) is 8.71. The number of methoxy groups -OCH3 is 1. The highest BCUT2D eigenvalue weighted by Gasteiger charge is 2.29. The molecule has 0 aliphatic carbocycles. The lowest BCUT2D eigenvalue weighted by Crippen LogP contribution is -2.50. The number of ether oxygens (including phenoxy) is 3. The molecule has 0 radical (unpaired) electrons. The number of aliphatic hydroxyl groups excluding tert-OH is 1. The molecule has 1 fully saturated rings. The van der Waals surface area contributed by atoms with Crippen molar-refractivity contribution in [2.45, 2.75) is 12.5 Å². The fourth-order valence-corrected chi connectivity index (χ4v) is 2.42. The van der Waals surface area contributed by atoms with Crippen molar-refractivity contribution < 1.29 is 24.1 Å². The molecule has 1 aromatic carbocycles. The summed E-state index contributed by atoms with van der Waals surface area (Å²) >= 11 is 0. The molecular weight excluding hydrogens is 300 g/mol. The van der Waals surface area contributed by atoms with E-state index < -0.39 is 0 Å². The Morgan fingerprint density at radius 1 is 1.52 bits per heavy atom. The summed E-state index contributed by atoms with van der Waals surface area (Å²) in [5, 5.41) is 9.46. The molecule has 0 bridgehead atoms. The number of hydrogen-bond acceptors (Lipinski definition) is 6. The highest BCUT2D eigenvalue weighted by molar-refractivity contribution is 5.97. The zero-order valence-corrected chi connectivity index (χ0v) is 13.4. The largest absolute Gasteiger partial charge is 0.497 e. The quantitative estimate of drug-likeness (QED) is 0.699. The second-order valence-corrected chi connectivity index (χ2v) is 5.26. The Morgan fingerprint density at radius 2 is 2.35 bits per heavy atom. The monoisotopic (exact) mass is 324 g/mol. The van der Waals surface area contributed by atoms with Crippen molar-refractivity contribution in [1.82, 2.24) is 4.90 Å². The lowest BCUT2D eigenvalue weighted by Gasteiger charge is -2.34. The smallest absolute Gasteiger partial charge is 0.258 e. The van der Waals surface area contributed by atoms with Crippen LogP contribution in [0.5, 0.6) is 11.5 Å². The number of rotatable bonds is 7. The van der Waals surface area contributed by atoms with Crippen LogP contribution in [-0.4, -0.2) is 68.6 Å². The number of benzene rings is 1. The zero-order chi connectivity index (χ0) is 16.7. The standard InChI is InChI=1S/C16H24N2O5/c1-21-13-3-4-15(23-7-2-5-17)14(9-13)16(20)18-6-8-22-11-12(18)10-19/h3-4,9,12,19H,2,5-8,10-11,17H2,1H3. The van der Waals surface area contributed by atoms with Gasteiger partial charge in [0.1, 0.15) is 11.5 Å². The van der Waals surface area contributed by atoms with Crippen LogP contribution < -0.4 is 15.2 Å². The molecule has 7 heteroatoms. The van der Waals surface area contributed by atoms with Crippen molar-refractivity contribution in [3.63, 3.8) is 0 Å². The number of nitrogens with two attached hydrogens (primary N) is 1. The summed E-state index contributed by atoms with van der Waals surface area (Å²) in [4.78, 5) is 14.5. The number of amides is 1. The number of morpholine rings is 1. The van der Waals surface area contributed by atoms with Gasteiger partial charge in [-0.3, -0.25) is 4.79 Å². The van der Waals surface area contributed by atoms with Crippen LogP contribution in [0.4, 0.5) is 0 Å². The van der Waals surface area contributed by atoms with E-state index in [-0.39, 0.29) is 18.6 Å². The predicted octanol–water partition coefficient (Wildman–Crippen LogP) is 0.256. The first-order chi connectivity index (χ1) is 11.2. The molecule has 1 aliphatic rings. The molecule has 1 heterocycles. The fourth-order valence-electron chi connectivity index (χ4n) is 2.42. The molecule has 1 aliphatic heterocycles. The number of aliphatic hydroxyl groups is 1. The molecule has 7 nitrogen and oxygen atoms in total. The fraction of sp³-hybridized carbons (Fsp3) is 0.562. The van der Waals surface area contributed by atoms with E-state index in [0.717, 1.165) is 0 Å². The number of nitrogens with zero attached hydrogens (tertiary/aromatic N) is 1. The second-order valence-electron chi connectivity index (χ2n) is 5.26. The van der Waals surface area contributed by atoms with Crippen molar-refractivity contribution >= 4 is 5.91 Å². The van der Waals surface area contributed by atoms with Crippen molar-refractivity contribution in [2.75, 3.05) is 46.6 Å². The first kappa shape index (κ1) is 17.5. The number of hydrogen-bond donors (Lipinski definition) is 2. The van der Waals surface area contributed by atoms with E-state index in [1.165, 1.54) is 0 Å². The van der Waals surface area contributed by atoms with Gasteiger partial charge in [-0.1, -0.05) is 0 Å². The summed E-state index contributed by atoms with van der Waals surface area (Å²) < 4.78 is 16.2. The molecule has 1 unspecified atom stereocenters. The molecule has 1 amide bonds. The van der Waals surface area contributed by atoms with Crippen molar-refractivity contribution in [3.8, 4) is 11.5 Å². The van der Waals surface area contributed by atoms with Crippen LogP contribution in [0.15, 0.2) is 18.2 Å². The van der Waals surface area contributed by atoms with Gasteiger partial charge in [0.25, 0.3) is 5.91 Å². The molecule has 0 aromatic heterocycles. The third kappa shape index (κ3) is 4.34. The minimum absolute atomic E-state index is 0.140. The topological polar surface area (TPSA) is 94.3 Å². The van der Waals surface area contributed by atoms with Gasteiger partial charge in [-0.2, -0.15) is 0 Å². The van der Waals surface area contributed by atoms with Gasteiger partial charge in [0.2, 0.25) is 0 Å². The van der Waals surface area contributed by atoms with Crippen molar-refractivity contribution in [2.24, 2.45) is 5.73 Å². The molecule has 1 atom stereocenters. The third-order valence-electron chi connectivity index (χ3n) is 3.72. The maximum Gasteiger partial charge on any atom is 0.258 e. The average Bonchev–Trinajstić information content (AvgIpc) is 2.61. The van der Waals surface area contributed by atoms with Gasteiger partial charge in [-0.15, -0.1) is 0 Å². The van der Waals surface area contributed by atoms with Gasteiger partial charge in [0.15, 0.2) is 0 Å². The van der Waals surface area contributed by atoms with E-state index in [1.807, 2.05) is 0 Å². The Bertz CT molecular complexity index is 523. The lowest BCUT2D eigenvalue weighted by molar-refractivity contribution is -0.0185. The van der Waals surface area contributed by atoms with E-state index in [9.17, 15) is 9.90 Å². The Balaban J connectivity index is 2.24. The highest BCUT2D eigenvalue weighted by Crippen LogP contribution is 2.27. The van der Waals surface area contributed by atoms with E-state index in [2.05, 4.69) is 0 Å². The predicted molar refractivity (Wildman–Crippen MR) is 84.9 cm³/mol. The van der Waals surface area contributed by atoms with E-state index in [0.29, 0.717) is 56.4 Å². The van der Waals surface area contributed by atoms with Crippen LogP contribution in [0.1, 0.15) is 16.8 Å². The van der Waals surface area contributed by atoms with Gasteiger partial charge in [0.05, 0.1) is 45.1 Å². The first-order valence-electron chi connectivity index (χ1n) is 7.71. The van der Waals surface area contributed by atoms with Crippen LogP contribution >= 0.6 is 0 Å². The summed E-state index contributed by atoms with van der Waals surface area (Å²) in [5.41, 5.74) is 5.89. The molecule has 3 N–H and O–H groups in total. The first-order valence-corrected chi connectivity index (χ1v) is 7.71. The minimum Gasteiger partial charge on any atom is -0.497 e. The highest BCUT2D eigenvalue weighted by atomic mass is 16.5. The molecule has 1 aromatic rings. The van der Waals surface area contributed by atoms with Gasteiger partial charge in [-0.05, 0) is 31.2 Å². The van der Waals surface area contributed by atoms with Gasteiger partial charge in [0, 0.05) is 6.54 Å². The maximum absolute atomic E-state index is 12.9.